The minimum absolute atomic E-state index is 0.0693. The van der Waals surface area contributed by atoms with Crippen LogP contribution in [0.5, 0.6) is 0 Å². The smallest absolute Gasteiger partial charge is 0.143 e. The topological polar surface area (TPSA) is 85.4 Å². The summed E-state index contributed by atoms with van der Waals surface area (Å²) in [5.74, 6) is -0.0693. The molecule has 1 aliphatic carbocycles. The third-order valence-corrected chi connectivity index (χ3v) is 5.30. The van der Waals surface area contributed by atoms with E-state index in [0.29, 0.717) is 13.2 Å². The monoisotopic (exact) mass is 425 g/mol. The molecule has 0 spiro atoms. The molecule has 7 heteroatoms. The van der Waals surface area contributed by atoms with Gasteiger partial charge < -0.3 is 19.1 Å². The Kier molecular flexibility index (Phi) is 9.55. The molecule has 0 amide bonds. The molecule has 2 fully saturated rings. The second kappa shape index (κ2) is 12.9. The summed E-state index contributed by atoms with van der Waals surface area (Å²) in [6.45, 7) is 4.05. The number of allylic oxidation sites excluding steroid dienone is 2. The van der Waals surface area contributed by atoms with Crippen molar-refractivity contribution in [1.82, 2.24) is 0 Å². The van der Waals surface area contributed by atoms with Crippen LogP contribution in [0.4, 0.5) is 0 Å². The summed E-state index contributed by atoms with van der Waals surface area (Å²) in [5.41, 5.74) is 2.91. The van der Waals surface area contributed by atoms with Gasteiger partial charge in [-0.3, -0.25) is 0 Å². The highest BCUT2D eigenvalue weighted by atomic mass is 16.6. The minimum atomic E-state index is -0.0693. The standard InChI is InChI=1S/C22H28N2O4.C2H3N/c1-2-7-17(8-3-1)22-20(23-27-15-18-9-5-13-25-18)11-4-12-21(22)24-28-16-19-10-6-14-26-19;1-2-3/h1-4,7-8,11,18-19,22H,5-6,9-10,12-16H2;1H3/b23-20+,24-21-;. The predicted molar refractivity (Wildman–Crippen MR) is 119 cm³/mol. The van der Waals surface area contributed by atoms with Crippen molar-refractivity contribution in [1.29, 1.82) is 5.26 Å². The van der Waals surface area contributed by atoms with E-state index in [0.717, 1.165) is 62.3 Å². The Balaban J connectivity index is 0.000000858. The van der Waals surface area contributed by atoms with Crippen LogP contribution in [0.3, 0.4) is 0 Å². The van der Waals surface area contributed by atoms with Gasteiger partial charge in [-0.05, 0) is 37.3 Å². The van der Waals surface area contributed by atoms with Crippen LogP contribution in [0.1, 0.15) is 50.5 Å². The lowest BCUT2D eigenvalue weighted by molar-refractivity contribution is 0.0186. The first kappa shape index (κ1) is 23.0. The molecular formula is C24H31N3O4. The van der Waals surface area contributed by atoms with Crippen LogP contribution < -0.4 is 0 Å². The minimum Gasteiger partial charge on any atom is -0.393 e. The Labute approximate surface area is 184 Å². The number of oxime groups is 2. The van der Waals surface area contributed by atoms with Crippen molar-refractivity contribution in [3.63, 3.8) is 0 Å². The van der Waals surface area contributed by atoms with Crippen molar-refractivity contribution in [2.75, 3.05) is 26.4 Å². The van der Waals surface area contributed by atoms with E-state index in [1.807, 2.05) is 24.3 Å². The van der Waals surface area contributed by atoms with Gasteiger partial charge >= 0.3 is 0 Å². The van der Waals surface area contributed by atoms with Crippen molar-refractivity contribution in [2.24, 2.45) is 10.3 Å². The highest BCUT2D eigenvalue weighted by molar-refractivity contribution is 6.18. The van der Waals surface area contributed by atoms with Crippen LogP contribution in [0.15, 0.2) is 52.8 Å². The van der Waals surface area contributed by atoms with Crippen LogP contribution in [0.25, 0.3) is 0 Å². The molecule has 3 aliphatic rings. The van der Waals surface area contributed by atoms with E-state index in [4.69, 9.17) is 24.4 Å². The van der Waals surface area contributed by atoms with Crippen molar-refractivity contribution in [2.45, 2.75) is 57.2 Å². The van der Waals surface area contributed by atoms with E-state index in [1.54, 1.807) is 6.07 Å². The van der Waals surface area contributed by atoms with Gasteiger partial charge in [-0.15, -0.1) is 0 Å². The van der Waals surface area contributed by atoms with Crippen LogP contribution in [-0.4, -0.2) is 50.1 Å². The van der Waals surface area contributed by atoms with Gasteiger partial charge in [0.2, 0.25) is 0 Å². The molecule has 2 heterocycles. The molecule has 166 valence electrons. The zero-order valence-electron chi connectivity index (χ0n) is 18.1. The molecule has 2 aliphatic heterocycles. The van der Waals surface area contributed by atoms with Gasteiger partial charge in [-0.1, -0.05) is 46.7 Å². The van der Waals surface area contributed by atoms with Crippen LogP contribution in [0.2, 0.25) is 0 Å². The summed E-state index contributed by atoms with van der Waals surface area (Å²) < 4.78 is 11.2. The maximum Gasteiger partial charge on any atom is 0.143 e. The summed E-state index contributed by atoms with van der Waals surface area (Å²) in [7, 11) is 0. The van der Waals surface area contributed by atoms with E-state index in [2.05, 4.69) is 28.5 Å². The van der Waals surface area contributed by atoms with E-state index >= 15 is 0 Å². The highest BCUT2D eigenvalue weighted by Crippen LogP contribution is 2.26. The number of hydrogen-bond donors (Lipinski definition) is 0. The lowest BCUT2D eigenvalue weighted by Gasteiger charge is -2.22. The normalized spacial score (nSPS) is 27.5. The summed E-state index contributed by atoms with van der Waals surface area (Å²) in [5, 5.41) is 16.2. The fourth-order valence-corrected chi connectivity index (χ4v) is 3.82. The van der Waals surface area contributed by atoms with Crippen molar-refractivity contribution < 1.29 is 19.1 Å². The Hall–Kier alpha value is -2.69. The Morgan fingerprint density at radius 1 is 1.00 bits per heavy atom. The average Bonchev–Trinajstić information content (AvgIpc) is 3.50. The number of nitriles is 1. The summed E-state index contributed by atoms with van der Waals surface area (Å²) in [4.78, 5) is 11.3. The van der Waals surface area contributed by atoms with Crippen molar-refractivity contribution in [3.8, 4) is 6.07 Å². The van der Waals surface area contributed by atoms with E-state index in [9.17, 15) is 0 Å². The largest absolute Gasteiger partial charge is 0.393 e. The number of hydrogen-bond acceptors (Lipinski definition) is 7. The molecule has 1 aromatic carbocycles. The fourth-order valence-electron chi connectivity index (χ4n) is 3.82. The molecule has 3 unspecified atom stereocenters. The number of ether oxygens (including phenoxy) is 2. The quantitative estimate of drug-likeness (QED) is 0.606. The van der Waals surface area contributed by atoms with Gasteiger partial charge in [0.25, 0.3) is 0 Å². The maximum atomic E-state index is 7.32. The fraction of sp³-hybridized carbons (Fsp3) is 0.542. The molecule has 0 aromatic heterocycles. The number of benzene rings is 1. The molecule has 1 aromatic rings. The predicted octanol–water partition coefficient (Wildman–Crippen LogP) is 4.36. The van der Waals surface area contributed by atoms with Gasteiger partial charge in [0.05, 0.1) is 35.6 Å². The molecule has 31 heavy (non-hydrogen) atoms. The average molecular weight is 426 g/mol. The zero-order chi connectivity index (χ0) is 21.7. The van der Waals surface area contributed by atoms with Gasteiger partial charge in [-0.25, -0.2) is 0 Å². The number of nitrogens with zero attached hydrogens (tertiary/aromatic N) is 3. The molecular weight excluding hydrogens is 394 g/mol. The van der Waals surface area contributed by atoms with Gasteiger partial charge in [-0.2, -0.15) is 5.26 Å². The van der Waals surface area contributed by atoms with Crippen LogP contribution in [-0.2, 0) is 19.1 Å². The van der Waals surface area contributed by atoms with Crippen LogP contribution in [0, 0.1) is 11.3 Å². The third kappa shape index (κ3) is 7.20. The van der Waals surface area contributed by atoms with Gasteiger partial charge in [0.1, 0.15) is 13.2 Å². The summed E-state index contributed by atoms with van der Waals surface area (Å²) in [6, 6.07) is 12.0. The first-order valence-corrected chi connectivity index (χ1v) is 11.0. The van der Waals surface area contributed by atoms with Crippen LogP contribution >= 0.6 is 0 Å². The van der Waals surface area contributed by atoms with Crippen molar-refractivity contribution >= 4 is 11.4 Å². The first-order chi connectivity index (χ1) is 15.3. The Bertz CT molecular complexity index is 789. The number of rotatable bonds is 7. The third-order valence-electron chi connectivity index (χ3n) is 5.30. The lowest BCUT2D eigenvalue weighted by Crippen LogP contribution is -2.25. The first-order valence-electron chi connectivity index (χ1n) is 11.0. The van der Waals surface area contributed by atoms with Gasteiger partial charge in [0, 0.05) is 26.6 Å². The Morgan fingerprint density at radius 3 is 2.19 bits per heavy atom. The van der Waals surface area contributed by atoms with E-state index < -0.39 is 0 Å². The molecule has 0 N–H and O–H groups in total. The molecule has 3 atom stereocenters. The van der Waals surface area contributed by atoms with E-state index in [-0.39, 0.29) is 18.1 Å². The van der Waals surface area contributed by atoms with Gasteiger partial charge in [0.15, 0.2) is 0 Å². The maximum absolute atomic E-state index is 7.32. The molecule has 7 nitrogen and oxygen atoms in total. The molecule has 0 saturated carbocycles. The molecule has 0 bridgehead atoms. The second-order valence-electron chi connectivity index (χ2n) is 7.63. The lowest BCUT2D eigenvalue weighted by atomic mass is 9.84. The summed E-state index contributed by atoms with van der Waals surface area (Å²) in [6.07, 6.45) is 9.37. The highest BCUT2D eigenvalue weighted by Gasteiger charge is 2.27. The van der Waals surface area contributed by atoms with E-state index in [1.165, 1.54) is 6.92 Å². The zero-order valence-corrected chi connectivity index (χ0v) is 18.1. The SMILES string of the molecule is C1=C/C(=N\OCC2CCCO2)C(c2ccccc2)/C(=N\OCC2CCCO2)C1.CC#N. The Morgan fingerprint density at radius 2 is 1.61 bits per heavy atom. The summed E-state index contributed by atoms with van der Waals surface area (Å²) >= 11 is 0. The molecule has 0 radical (unpaired) electrons. The second-order valence-corrected chi connectivity index (χ2v) is 7.63. The molecule has 4 rings (SSSR count). The molecule has 2 saturated heterocycles. The van der Waals surface area contributed by atoms with Crippen molar-refractivity contribution in [3.05, 3.63) is 48.0 Å².